The Morgan fingerprint density at radius 3 is 2.46 bits per heavy atom. The van der Waals surface area contributed by atoms with E-state index in [0.717, 1.165) is 51.3 Å². The van der Waals surface area contributed by atoms with Gasteiger partial charge in [-0.15, -0.1) is 0 Å². The molecule has 0 atom stereocenters. The summed E-state index contributed by atoms with van der Waals surface area (Å²) in [5.41, 5.74) is 3.17. The lowest BCUT2D eigenvalue weighted by Gasteiger charge is -2.34. The Bertz CT molecular complexity index is 754. The van der Waals surface area contributed by atoms with E-state index in [1.54, 1.807) is 0 Å². The SMILES string of the molecule is CC(C)c1ccc(CN2CCN(C(=O)c3cc(C4CC4)on3)CC2)cc1. The Balaban J connectivity index is 1.29. The number of amides is 1. The molecule has 0 spiro atoms. The summed E-state index contributed by atoms with van der Waals surface area (Å²) >= 11 is 0. The van der Waals surface area contributed by atoms with Gasteiger partial charge in [-0.25, -0.2) is 0 Å². The number of nitrogens with zero attached hydrogens (tertiary/aromatic N) is 3. The van der Waals surface area contributed by atoms with Crippen molar-refractivity contribution in [1.29, 1.82) is 0 Å². The third kappa shape index (κ3) is 3.83. The fourth-order valence-electron chi connectivity index (χ4n) is 3.49. The van der Waals surface area contributed by atoms with Gasteiger partial charge in [-0.3, -0.25) is 9.69 Å². The fraction of sp³-hybridized carbons (Fsp3) is 0.524. The molecular formula is C21H27N3O2. The molecule has 2 heterocycles. The summed E-state index contributed by atoms with van der Waals surface area (Å²) in [6, 6.07) is 10.7. The summed E-state index contributed by atoms with van der Waals surface area (Å²) in [7, 11) is 0. The topological polar surface area (TPSA) is 49.6 Å². The van der Waals surface area contributed by atoms with Crippen LogP contribution >= 0.6 is 0 Å². The van der Waals surface area contributed by atoms with E-state index in [9.17, 15) is 4.79 Å². The van der Waals surface area contributed by atoms with Crippen molar-refractivity contribution in [2.45, 2.75) is 45.1 Å². The third-order valence-electron chi connectivity index (χ3n) is 5.44. The molecule has 1 saturated carbocycles. The molecule has 1 saturated heterocycles. The lowest BCUT2D eigenvalue weighted by molar-refractivity contribution is 0.0618. The highest BCUT2D eigenvalue weighted by molar-refractivity contribution is 5.92. The second-order valence-corrected chi connectivity index (χ2v) is 7.85. The van der Waals surface area contributed by atoms with Gasteiger partial charge in [-0.2, -0.15) is 0 Å². The molecule has 138 valence electrons. The molecule has 2 fully saturated rings. The molecular weight excluding hydrogens is 326 g/mol. The van der Waals surface area contributed by atoms with E-state index in [1.165, 1.54) is 11.1 Å². The smallest absolute Gasteiger partial charge is 0.276 e. The van der Waals surface area contributed by atoms with Crippen molar-refractivity contribution in [2.75, 3.05) is 26.2 Å². The summed E-state index contributed by atoms with van der Waals surface area (Å²) in [5, 5.41) is 3.98. The average molecular weight is 353 g/mol. The maximum Gasteiger partial charge on any atom is 0.276 e. The van der Waals surface area contributed by atoms with Crippen LogP contribution in [0, 0.1) is 0 Å². The van der Waals surface area contributed by atoms with Gasteiger partial charge < -0.3 is 9.42 Å². The van der Waals surface area contributed by atoms with Gasteiger partial charge in [0.15, 0.2) is 5.69 Å². The molecule has 2 aromatic rings. The fourth-order valence-corrected chi connectivity index (χ4v) is 3.49. The minimum Gasteiger partial charge on any atom is -0.360 e. The standard InChI is InChI=1S/C21H27N3O2/c1-15(2)17-5-3-16(4-6-17)14-23-9-11-24(12-10-23)21(25)19-13-20(26-22-19)18-7-8-18/h3-6,13,15,18H,7-12,14H2,1-2H3. The average Bonchev–Trinajstić information content (AvgIpc) is 3.39. The van der Waals surface area contributed by atoms with Crippen molar-refractivity contribution in [3.8, 4) is 0 Å². The summed E-state index contributed by atoms with van der Waals surface area (Å²) < 4.78 is 5.32. The van der Waals surface area contributed by atoms with Crippen LogP contribution in [-0.4, -0.2) is 47.0 Å². The number of piperazine rings is 1. The van der Waals surface area contributed by atoms with Crippen molar-refractivity contribution >= 4 is 5.91 Å². The number of carbonyl (C=O) groups is 1. The first kappa shape index (κ1) is 17.3. The summed E-state index contributed by atoms with van der Waals surface area (Å²) in [6.45, 7) is 8.65. The zero-order valence-corrected chi connectivity index (χ0v) is 15.6. The third-order valence-corrected chi connectivity index (χ3v) is 5.44. The van der Waals surface area contributed by atoms with E-state index in [4.69, 9.17) is 4.52 Å². The molecule has 2 aliphatic rings. The number of hydrogen-bond donors (Lipinski definition) is 0. The highest BCUT2D eigenvalue weighted by atomic mass is 16.5. The Morgan fingerprint density at radius 1 is 1.15 bits per heavy atom. The van der Waals surface area contributed by atoms with E-state index in [-0.39, 0.29) is 5.91 Å². The molecule has 5 nitrogen and oxygen atoms in total. The van der Waals surface area contributed by atoms with Crippen LogP contribution in [0.5, 0.6) is 0 Å². The van der Waals surface area contributed by atoms with Gasteiger partial charge in [-0.1, -0.05) is 43.3 Å². The highest BCUT2D eigenvalue weighted by Gasteiger charge is 2.30. The van der Waals surface area contributed by atoms with Gasteiger partial charge in [0.25, 0.3) is 5.91 Å². The van der Waals surface area contributed by atoms with Crippen molar-refractivity contribution in [3.63, 3.8) is 0 Å². The second kappa shape index (κ2) is 7.23. The molecule has 4 rings (SSSR count). The van der Waals surface area contributed by atoms with E-state index in [2.05, 4.69) is 48.2 Å². The van der Waals surface area contributed by atoms with Gasteiger partial charge in [0.05, 0.1) is 0 Å². The van der Waals surface area contributed by atoms with Gasteiger partial charge in [0, 0.05) is 44.7 Å². The number of hydrogen-bond acceptors (Lipinski definition) is 4. The summed E-state index contributed by atoms with van der Waals surface area (Å²) in [4.78, 5) is 16.9. The van der Waals surface area contributed by atoms with E-state index >= 15 is 0 Å². The van der Waals surface area contributed by atoms with Crippen molar-refractivity contribution in [2.24, 2.45) is 0 Å². The van der Waals surface area contributed by atoms with Crippen LogP contribution in [0.15, 0.2) is 34.9 Å². The monoisotopic (exact) mass is 353 g/mol. The Labute approximate surface area is 155 Å². The van der Waals surface area contributed by atoms with E-state index in [0.29, 0.717) is 17.5 Å². The second-order valence-electron chi connectivity index (χ2n) is 7.85. The predicted octanol–water partition coefficient (Wildman–Crippen LogP) is 3.63. The summed E-state index contributed by atoms with van der Waals surface area (Å²) in [5.74, 6) is 1.93. The Morgan fingerprint density at radius 2 is 1.85 bits per heavy atom. The minimum atomic E-state index is 0.00147. The van der Waals surface area contributed by atoms with Crippen LogP contribution in [-0.2, 0) is 6.54 Å². The first-order chi connectivity index (χ1) is 12.6. The number of rotatable bonds is 5. The lowest BCUT2D eigenvalue weighted by atomic mass is 10.0. The maximum absolute atomic E-state index is 12.6. The molecule has 0 bridgehead atoms. The van der Waals surface area contributed by atoms with Crippen molar-refractivity contribution in [3.05, 3.63) is 52.9 Å². The van der Waals surface area contributed by atoms with Crippen LogP contribution < -0.4 is 0 Å². The zero-order chi connectivity index (χ0) is 18.1. The van der Waals surface area contributed by atoms with E-state index in [1.807, 2.05) is 11.0 Å². The van der Waals surface area contributed by atoms with Gasteiger partial charge in [0.2, 0.25) is 0 Å². The molecule has 0 radical (unpaired) electrons. The van der Waals surface area contributed by atoms with Crippen molar-refractivity contribution in [1.82, 2.24) is 15.0 Å². The Hall–Kier alpha value is -2.14. The number of aromatic nitrogens is 1. The van der Waals surface area contributed by atoms with Crippen LogP contribution in [0.25, 0.3) is 0 Å². The highest BCUT2D eigenvalue weighted by Crippen LogP contribution is 2.40. The van der Waals surface area contributed by atoms with Crippen LogP contribution in [0.1, 0.15) is 65.9 Å². The van der Waals surface area contributed by atoms with Crippen LogP contribution in [0.2, 0.25) is 0 Å². The molecule has 1 amide bonds. The molecule has 1 aromatic carbocycles. The molecule has 1 aliphatic heterocycles. The van der Waals surface area contributed by atoms with Gasteiger partial charge in [0.1, 0.15) is 5.76 Å². The van der Waals surface area contributed by atoms with Crippen molar-refractivity contribution < 1.29 is 9.32 Å². The largest absolute Gasteiger partial charge is 0.360 e. The molecule has 1 aromatic heterocycles. The quantitative estimate of drug-likeness (QED) is 0.823. The zero-order valence-electron chi connectivity index (χ0n) is 15.6. The normalized spacial score (nSPS) is 18.5. The lowest BCUT2D eigenvalue weighted by Crippen LogP contribution is -2.48. The Kier molecular flexibility index (Phi) is 4.81. The molecule has 26 heavy (non-hydrogen) atoms. The van der Waals surface area contributed by atoms with Crippen LogP contribution in [0.4, 0.5) is 0 Å². The molecule has 0 unspecified atom stereocenters. The molecule has 0 N–H and O–H groups in total. The van der Waals surface area contributed by atoms with Gasteiger partial charge in [-0.05, 0) is 29.9 Å². The first-order valence-electron chi connectivity index (χ1n) is 9.67. The van der Waals surface area contributed by atoms with E-state index < -0.39 is 0 Å². The van der Waals surface area contributed by atoms with Crippen LogP contribution in [0.3, 0.4) is 0 Å². The summed E-state index contributed by atoms with van der Waals surface area (Å²) in [6.07, 6.45) is 2.30. The first-order valence-corrected chi connectivity index (χ1v) is 9.67. The minimum absolute atomic E-state index is 0.00147. The van der Waals surface area contributed by atoms with Gasteiger partial charge >= 0.3 is 0 Å². The number of benzene rings is 1. The predicted molar refractivity (Wildman–Crippen MR) is 100 cm³/mol. The number of carbonyl (C=O) groups excluding carboxylic acids is 1. The molecule has 1 aliphatic carbocycles. The molecule has 5 heteroatoms. The maximum atomic E-state index is 12.6.